The van der Waals surface area contributed by atoms with Crippen molar-refractivity contribution in [3.05, 3.63) is 30.1 Å². The molecule has 0 aliphatic rings. The summed E-state index contributed by atoms with van der Waals surface area (Å²) in [6.45, 7) is 2.13. The molecule has 0 aromatic carbocycles. The Morgan fingerprint density at radius 2 is 2.22 bits per heavy atom. The smallest absolute Gasteiger partial charge is 0.326 e. The van der Waals surface area contributed by atoms with E-state index in [1.54, 1.807) is 18.3 Å². The fourth-order valence-electron chi connectivity index (χ4n) is 1.43. The minimum absolute atomic E-state index is 0.269. The number of aliphatic carboxylic acids is 1. The molecule has 0 bridgehead atoms. The van der Waals surface area contributed by atoms with E-state index < -0.39 is 18.0 Å². The Balaban J connectivity index is 2.39. The van der Waals surface area contributed by atoms with Crippen molar-refractivity contribution >= 4 is 12.0 Å². The molecule has 6 nitrogen and oxygen atoms in total. The van der Waals surface area contributed by atoms with Gasteiger partial charge >= 0.3 is 12.0 Å². The molecule has 0 spiro atoms. The van der Waals surface area contributed by atoms with Crippen molar-refractivity contribution in [3.63, 3.8) is 0 Å². The number of carbonyl (C=O) groups is 2. The minimum atomic E-state index is -1.02. The summed E-state index contributed by atoms with van der Waals surface area (Å²) in [5.74, 6) is -1.02. The van der Waals surface area contributed by atoms with E-state index >= 15 is 0 Å². The van der Waals surface area contributed by atoms with Gasteiger partial charge in [0, 0.05) is 6.20 Å². The lowest BCUT2D eigenvalue weighted by Gasteiger charge is -2.14. The Morgan fingerprint density at radius 1 is 1.44 bits per heavy atom. The zero-order valence-electron chi connectivity index (χ0n) is 10.2. The SMILES string of the molecule is CCCC(NC(=O)NCc1ccccn1)C(=O)O. The van der Waals surface area contributed by atoms with E-state index in [9.17, 15) is 9.59 Å². The van der Waals surface area contributed by atoms with Gasteiger partial charge in [0.15, 0.2) is 0 Å². The van der Waals surface area contributed by atoms with Gasteiger partial charge in [-0.15, -0.1) is 0 Å². The number of hydrogen-bond donors (Lipinski definition) is 3. The first-order chi connectivity index (χ1) is 8.63. The topological polar surface area (TPSA) is 91.3 Å². The lowest BCUT2D eigenvalue weighted by molar-refractivity contribution is -0.139. The molecule has 1 rings (SSSR count). The number of hydrogen-bond acceptors (Lipinski definition) is 3. The molecule has 2 amide bonds. The summed E-state index contributed by atoms with van der Waals surface area (Å²) < 4.78 is 0. The molecule has 0 saturated carbocycles. The largest absolute Gasteiger partial charge is 0.480 e. The van der Waals surface area contributed by atoms with Gasteiger partial charge in [0.25, 0.3) is 0 Å². The lowest BCUT2D eigenvalue weighted by atomic mass is 10.2. The lowest BCUT2D eigenvalue weighted by Crippen LogP contribution is -2.45. The molecule has 1 unspecified atom stereocenters. The van der Waals surface area contributed by atoms with Crippen LogP contribution in [-0.2, 0) is 11.3 Å². The van der Waals surface area contributed by atoms with Crippen LogP contribution in [0.1, 0.15) is 25.5 Å². The highest BCUT2D eigenvalue weighted by molar-refractivity contribution is 5.82. The van der Waals surface area contributed by atoms with Crippen molar-refractivity contribution in [1.29, 1.82) is 0 Å². The first kappa shape index (κ1) is 14.0. The minimum Gasteiger partial charge on any atom is -0.480 e. The summed E-state index contributed by atoms with van der Waals surface area (Å²) in [5, 5.41) is 13.9. The standard InChI is InChI=1S/C12H17N3O3/c1-2-5-10(11(16)17)15-12(18)14-8-9-6-3-4-7-13-9/h3-4,6-7,10H,2,5,8H2,1H3,(H,16,17)(H2,14,15,18). The fraction of sp³-hybridized carbons (Fsp3) is 0.417. The predicted molar refractivity (Wildman–Crippen MR) is 65.9 cm³/mol. The number of nitrogens with zero attached hydrogens (tertiary/aromatic N) is 1. The number of aromatic nitrogens is 1. The van der Waals surface area contributed by atoms with Crippen LogP contribution in [0.15, 0.2) is 24.4 Å². The van der Waals surface area contributed by atoms with Crippen LogP contribution in [0.25, 0.3) is 0 Å². The fourth-order valence-corrected chi connectivity index (χ4v) is 1.43. The Bertz CT molecular complexity index is 395. The second-order valence-corrected chi connectivity index (χ2v) is 3.83. The summed E-state index contributed by atoms with van der Waals surface area (Å²) >= 11 is 0. The molecule has 0 fully saturated rings. The van der Waals surface area contributed by atoms with Crippen LogP contribution in [-0.4, -0.2) is 28.1 Å². The molecule has 18 heavy (non-hydrogen) atoms. The molecule has 3 N–H and O–H groups in total. The van der Waals surface area contributed by atoms with Gasteiger partial charge in [-0.25, -0.2) is 9.59 Å². The predicted octanol–water partition coefficient (Wildman–Crippen LogP) is 1.13. The molecule has 0 radical (unpaired) electrons. The number of amides is 2. The van der Waals surface area contributed by atoms with E-state index in [2.05, 4.69) is 15.6 Å². The van der Waals surface area contributed by atoms with Gasteiger partial charge in [-0.2, -0.15) is 0 Å². The van der Waals surface area contributed by atoms with E-state index in [4.69, 9.17) is 5.11 Å². The van der Waals surface area contributed by atoms with Gasteiger partial charge in [-0.3, -0.25) is 4.98 Å². The molecule has 1 aromatic heterocycles. The summed E-state index contributed by atoms with van der Waals surface area (Å²) in [6, 6.07) is 4.03. The number of carboxylic acids is 1. The number of nitrogens with one attached hydrogen (secondary N) is 2. The maximum Gasteiger partial charge on any atom is 0.326 e. The van der Waals surface area contributed by atoms with E-state index in [-0.39, 0.29) is 6.54 Å². The Hall–Kier alpha value is -2.11. The molecule has 1 atom stereocenters. The first-order valence-electron chi connectivity index (χ1n) is 5.80. The quantitative estimate of drug-likeness (QED) is 0.707. The van der Waals surface area contributed by atoms with Gasteiger partial charge in [0.05, 0.1) is 12.2 Å². The molecule has 1 heterocycles. The van der Waals surface area contributed by atoms with Gasteiger partial charge in [0.2, 0.25) is 0 Å². The van der Waals surface area contributed by atoms with Crippen LogP contribution < -0.4 is 10.6 Å². The first-order valence-corrected chi connectivity index (χ1v) is 5.80. The summed E-state index contributed by atoms with van der Waals surface area (Å²) in [4.78, 5) is 26.4. The van der Waals surface area contributed by atoms with Crippen LogP contribution in [0.3, 0.4) is 0 Å². The molecule has 0 saturated heterocycles. The normalized spacial score (nSPS) is 11.6. The van der Waals surface area contributed by atoms with Crippen molar-refractivity contribution in [2.45, 2.75) is 32.4 Å². The molecule has 98 valence electrons. The van der Waals surface area contributed by atoms with E-state index in [0.717, 1.165) is 5.69 Å². The van der Waals surface area contributed by atoms with Gasteiger partial charge in [-0.05, 0) is 18.6 Å². The number of carboxylic acid groups (broad SMARTS) is 1. The third kappa shape index (κ3) is 4.82. The van der Waals surface area contributed by atoms with E-state index in [1.165, 1.54) is 0 Å². The Labute approximate surface area is 105 Å². The van der Waals surface area contributed by atoms with Crippen LogP contribution in [0.2, 0.25) is 0 Å². The van der Waals surface area contributed by atoms with Gasteiger partial charge < -0.3 is 15.7 Å². The molecular weight excluding hydrogens is 234 g/mol. The maximum atomic E-state index is 11.5. The van der Waals surface area contributed by atoms with E-state index in [0.29, 0.717) is 12.8 Å². The third-order valence-corrected chi connectivity index (χ3v) is 2.34. The van der Waals surface area contributed by atoms with Crippen LogP contribution in [0, 0.1) is 0 Å². The second kappa shape index (κ2) is 7.26. The van der Waals surface area contributed by atoms with Crippen molar-refractivity contribution in [3.8, 4) is 0 Å². The summed E-state index contributed by atoms with van der Waals surface area (Å²) in [6.07, 6.45) is 2.73. The van der Waals surface area contributed by atoms with Gasteiger partial charge in [-0.1, -0.05) is 19.4 Å². The van der Waals surface area contributed by atoms with E-state index in [1.807, 2.05) is 13.0 Å². The number of urea groups is 1. The second-order valence-electron chi connectivity index (χ2n) is 3.83. The summed E-state index contributed by atoms with van der Waals surface area (Å²) in [7, 11) is 0. The van der Waals surface area contributed by atoms with Crippen molar-refractivity contribution in [1.82, 2.24) is 15.6 Å². The number of pyridine rings is 1. The van der Waals surface area contributed by atoms with Crippen molar-refractivity contribution < 1.29 is 14.7 Å². The molecular formula is C12H17N3O3. The van der Waals surface area contributed by atoms with Gasteiger partial charge in [0.1, 0.15) is 6.04 Å². The average molecular weight is 251 g/mol. The van der Waals surface area contributed by atoms with Crippen LogP contribution in [0.5, 0.6) is 0 Å². The van der Waals surface area contributed by atoms with Crippen molar-refractivity contribution in [2.75, 3.05) is 0 Å². The maximum absolute atomic E-state index is 11.5. The number of rotatable bonds is 6. The summed E-state index contributed by atoms with van der Waals surface area (Å²) in [5.41, 5.74) is 0.718. The Kier molecular flexibility index (Phi) is 5.63. The highest BCUT2D eigenvalue weighted by atomic mass is 16.4. The molecule has 1 aromatic rings. The van der Waals surface area contributed by atoms with Crippen LogP contribution in [0.4, 0.5) is 4.79 Å². The third-order valence-electron chi connectivity index (χ3n) is 2.34. The highest BCUT2D eigenvalue weighted by Crippen LogP contribution is 1.97. The highest BCUT2D eigenvalue weighted by Gasteiger charge is 2.18. The monoisotopic (exact) mass is 251 g/mol. The van der Waals surface area contributed by atoms with Crippen molar-refractivity contribution in [2.24, 2.45) is 0 Å². The zero-order chi connectivity index (χ0) is 13.4. The molecule has 6 heteroatoms. The average Bonchev–Trinajstić information content (AvgIpc) is 2.37. The Morgan fingerprint density at radius 3 is 2.78 bits per heavy atom. The molecule has 0 aliphatic heterocycles. The zero-order valence-corrected chi connectivity index (χ0v) is 10.2. The van der Waals surface area contributed by atoms with Crippen LogP contribution >= 0.6 is 0 Å². The molecule has 0 aliphatic carbocycles. The number of carbonyl (C=O) groups excluding carboxylic acids is 1.